The van der Waals surface area contributed by atoms with Gasteiger partial charge in [0, 0.05) is 54.4 Å². The maximum absolute atomic E-state index is 13.1. The molecule has 3 heterocycles. The Hall–Kier alpha value is -4.45. The van der Waals surface area contributed by atoms with Crippen LogP contribution in [0.4, 0.5) is 5.69 Å². The molecule has 0 amide bonds. The summed E-state index contributed by atoms with van der Waals surface area (Å²) in [6.45, 7) is 0.259. The molecule has 0 fully saturated rings. The predicted octanol–water partition coefficient (Wildman–Crippen LogP) is 5.07. The highest BCUT2D eigenvalue weighted by Gasteiger charge is 2.13. The molecule has 0 unspecified atom stereocenters. The van der Waals surface area contributed by atoms with E-state index in [1.807, 2.05) is 79.8 Å². The highest BCUT2D eigenvalue weighted by Crippen LogP contribution is 2.33. The molecule has 0 spiro atoms. The Kier molecular flexibility index (Phi) is 5.55. The molecule has 0 atom stereocenters. The SMILES string of the molecule is CNc1cccc(-n2ccc(COc3ccc4ccccc4n3)cc2=O)c1-c1ccncc1. The number of rotatable bonds is 6. The third kappa shape index (κ3) is 4.19. The van der Waals surface area contributed by atoms with Crippen LogP contribution in [0.5, 0.6) is 5.88 Å². The van der Waals surface area contributed by atoms with E-state index in [9.17, 15) is 4.79 Å². The molecule has 0 saturated heterocycles. The predicted molar refractivity (Wildman–Crippen MR) is 131 cm³/mol. The van der Waals surface area contributed by atoms with Crippen molar-refractivity contribution in [1.29, 1.82) is 0 Å². The molecule has 162 valence electrons. The number of anilines is 1. The van der Waals surface area contributed by atoms with Gasteiger partial charge in [0.2, 0.25) is 5.88 Å². The zero-order chi connectivity index (χ0) is 22.6. The monoisotopic (exact) mass is 434 g/mol. The fourth-order valence-corrected chi connectivity index (χ4v) is 3.86. The number of pyridine rings is 3. The Morgan fingerprint density at radius 3 is 2.61 bits per heavy atom. The smallest absolute Gasteiger partial charge is 0.255 e. The Morgan fingerprint density at radius 2 is 1.79 bits per heavy atom. The Morgan fingerprint density at radius 1 is 0.939 bits per heavy atom. The van der Waals surface area contributed by atoms with Crippen molar-refractivity contribution in [3.8, 4) is 22.7 Å². The molecular formula is C27H22N4O2. The molecule has 0 bridgehead atoms. The fourth-order valence-electron chi connectivity index (χ4n) is 3.86. The molecule has 3 aromatic heterocycles. The van der Waals surface area contributed by atoms with E-state index in [1.54, 1.807) is 29.2 Å². The lowest BCUT2D eigenvalue weighted by Gasteiger charge is -2.17. The van der Waals surface area contributed by atoms with Gasteiger partial charge >= 0.3 is 0 Å². The fraction of sp³-hybridized carbons (Fsp3) is 0.0741. The van der Waals surface area contributed by atoms with Crippen molar-refractivity contribution in [3.63, 3.8) is 0 Å². The second kappa shape index (κ2) is 8.96. The van der Waals surface area contributed by atoms with Gasteiger partial charge in [-0.1, -0.05) is 24.3 Å². The third-order valence-electron chi connectivity index (χ3n) is 5.48. The molecule has 0 aliphatic carbocycles. The van der Waals surface area contributed by atoms with E-state index in [1.165, 1.54) is 0 Å². The van der Waals surface area contributed by atoms with E-state index >= 15 is 0 Å². The first-order valence-corrected chi connectivity index (χ1v) is 10.6. The summed E-state index contributed by atoms with van der Waals surface area (Å²) in [6, 6.07) is 24.9. The van der Waals surface area contributed by atoms with Crippen molar-refractivity contribution in [2.75, 3.05) is 12.4 Å². The molecule has 6 nitrogen and oxygen atoms in total. The number of fused-ring (bicyclic) bond motifs is 1. The maximum Gasteiger partial charge on any atom is 0.255 e. The van der Waals surface area contributed by atoms with E-state index in [0.717, 1.165) is 39.0 Å². The van der Waals surface area contributed by atoms with E-state index in [0.29, 0.717) is 5.88 Å². The van der Waals surface area contributed by atoms with Crippen molar-refractivity contribution in [1.82, 2.24) is 14.5 Å². The van der Waals surface area contributed by atoms with Crippen molar-refractivity contribution in [2.45, 2.75) is 6.61 Å². The van der Waals surface area contributed by atoms with Crippen LogP contribution in [0.3, 0.4) is 0 Å². The van der Waals surface area contributed by atoms with Gasteiger partial charge in [-0.05, 0) is 53.6 Å². The minimum absolute atomic E-state index is 0.133. The zero-order valence-electron chi connectivity index (χ0n) is 18.1. The average molecular weight is 434 g/mol. The summed E-state index contributed by atoms with van der Waals surface area (Å²) >= 11 is 0. The molecule has 6 heteroatoms. The van der Waals surface area contributed by atoms with Crippen LogP contribution >= 0.6 is 0 Å². The van der Waals surface area contributed by atoms with Crippen LogP contribution in [0.1, 0.15) is 5.56 Å². The van der Waals surface area contributed by atoms with Crippen LogP contribution in [-0.2, 0) is 6.61 Å². The van der Waals surface area contributed by atoms with Crippen molar-refractivity contribution >= 4 is 16.6 Å². The van der Waals surface area contributed by atoms with Crippen molar-refractivity contribution in [2.24, 2.45) is 0 Å². The lowest BCUT2D eigenvalue weighted by molar-refractivity contribution is 0.294. The first kappa shape index (κ1) is 20.5. The normalized spacial score (nSPS) is 10.8. The van der Waals surface area contributed by atoms with E-state index in [4.69, 9.17) is 4.74 Å². The quantitative estimate of drug-likeness (QED) is 0.404. The minimum Gasteiger partial charge on any atom is -0.473 e. The van der Waals surface area contributed by atoms with Crippen LogP contribution in [0.15, 0.2) is 102 Å². The van der Waals surface area contributed by atoms with Gasteiger partial charge in [0.25, 0.3) is 5.56 Å². The maximum atomic E-state index is 13.1. The molecule has 5 aromatic rings. The Bertz CT molecular complexity index is 1480. The highest BCUT2D eigenvalue weighted by molar-refractivity contribution is 5.85. The second-order valence-corrected chi connectivity index (χ2v) is 7.56. The van der Waals surface area contributed by atoms with Crippen LogP contribution in [-0.4, -0.2) is 21.6 Å². The van der Waals surface area contributed by atoms with Crippen LogP contribution in [0, 0.1) is 0 Å². The van der Waals surface area contributed by atoms with Crippen molar-refractivity contribution in [3.05, 3.63) is 113 Å². The van der Waals surface area contributed by atoms with Gasteiger partial charge < -0.3 is 10.1 Å². The van der Waals surface area contributed by atoms with Gasteiger partial charge in [-0.15, -0.1) is 0 Å². The van der Waals surface area contributed by atoms with Gasteiger partial charge in [-0.25, -0.2) is 4.98 Å². The molecule has 1 N–H and O–H groups in total. The van der Waals surface area contributed by atoms with Gasteiger partial charge in [0.15, 0.2) is 0 Å². The zero-order valence-corrected chi connectivity index (χ0v) is 18.1. The summed E-state index contributed by atoms with van der Waals surface area (Å²) in [6.07, 6.45) is 5.28. The lowest BCUT2D eigenvalue weighted by Crippen LogP contribution is -2.19. The van der Waals surface area contributed by atoms with E-state index < -0.39 is 0 Å². The highest BCUT2D eigenvalue weighted by atomic mass is 16.5. The minimum atomic E-state index is -0.133. The topological polar surface area (TPSA) is 69.0 Å². The molecule has 33 heavy (non-hydrogen) atoms. The Balaban J connectivity index is 1.44. The summed E-state index contributed by atoms with van der Waals surface area (Å²) in [4.78, 5) is 21.7. The van der Waals surface area contributed by atoms with Gasteiger partial charge in [-0.3, -0.25) is 14.3 Å². The van der Waals surface area contributed by atoms with E-state index in [2.05, 4.69) is 15.3 Å². The van der Waals surface area contributed by atoms with Gasteiger partial charge in [0.1, 0.15) is 6.61 Å². The number of aromatic nitrogens is 3. The van der Waals surface area contributed by atoms with Crippen LogP contribution in [0.2, 0.25) is 0 Å². The summed E-state index contributed by atoms with van der Waals surface area (Å²) in [5.41, 5.74) is 5.16. The number of hydrogen-bond donors (Lipinski definition) is 1. The summed E-state index contributed by atoms with van der Waals surface area (Å²) < 4.78 is 7.50. The standard InChI is InChI=1S/C27H22N4O2/c1-28-23-7-4-8-24(27(23)21-11-14-29-15-12-21)31-16-13-19(17-26(31)32)18-33-25-10-9-20-5-2-3-6-22(20)30-25/h2-17,28H,18H2,1H3. The summed E-state index contributed by atoms with van der Waals surface area (Å²) in [5.74, 6) is 0.527. The molecule has 5 rings (SSSR count). The largest absolute Gasteiger partial charge is 0.473 e. The summed E-state index contributed by atoms with van der Waals surface area (Å²) in [5, 5.41) is 4.28. The first-order valence-electron chi connectivity index (χ1n) is 10.6. The Labute approximate surface area is 191 Å². The van der Waals surface area contributed by atoms with Gasteiger partial charge in [-0.2, -0.15) is 0 Å². The summed E-state index contributed by atoms with van der Waals surface area (Å²) in [7, 11) is 1.87. The average Bonchev–Trinajstić information content (AvgIpc) is 2.87. The molecular weight excluding hydrogens is 412 g/mol. The number of nitrogens with one attached hydrogen (secondary N) is 1. The number of nitrogens with zero attached hydrogens (tertiary/aromatic N) is 3. The number of para-hydroxylation sites is 1. The number of hydrogen-bond acceptors (Lipinski definition) is 5. The third-order valence-corrected chi connectivity index (χ3v) is 5.48. The number of benzene rings is 2. The molecule has 0 aliphatic heterocycles. The lowest BCUT2D eigenvalue weighted by atomic mass is 10.0. The molecule has 0 saturated carbocycles. The molecule has 0 aliphatic rings. The van der Waals surface area contributed by atoms with Crippen LogP contribution in [0.25, 0.3) is 27.7 Å². The second-order valence-electron chi connectivity index (χ2n) is 7.56. The molecule has 0 radical (unpaired) electrons. The molecule has 2 aromatic carbocycles. The van der Waals surface area contributed by atoms with Crippen molar-refractivity contribution < 1.29 is 4.74 Å². The van der Waals surface area contributed by atoms with Crippen LogP contribution < -0.4 is 15.6 Å². The first-order chi connectivity index (χ1) is 16.2. The van der Waals surface area contributed by atoms with E-state index in [-0.39, 0.29) is 12.2 Å². The number of ether oxygens (including phenoxy) is 1. The van der Waals surface area contributed by atoms with Gasteiger partial charge in [0.05, 0.1) is 11.2 Å².